The number of hydrogen-bond acceptors (Lipinski definition) is 5. The molecule has 1 fully saturated rings. The zero-order valence-electron chi connectivity index (χ0n) is 24.7. The Morgan fingerprint density at radius 2 is 1.77 bits per heavy atom. The van der Waals surface area contributed by atoms with Gasteiger partial charge in [-0.15, -0.1) is 0 Å². The van der Waals surface area contributed by atoms with E-state index in [1.807, 2.05) is 48.5 Å². The van der Waals surface area contributed by atoms with Crippen molar-refractivity contribution < 1.29 is 19.1 Å². The van der Waals surface area contributed by atoms with Crippen LogP contribution in [0.25, 0.3) is 11.1 Å². The number of carbonyl (C=O) groups excluding carboxylic acids is 2. The number of aryl methyl sites for hydroxylation is 1. The van der Waals surface area contributed by atoms with Gasteiger partial charge in [0.25, 0.3) is 0 Å². The van der Waals surface area contributed by atoms with Gasteiger partial charge in [-0.1, -0.05) is 53.5 Å². The minimum Gasteiger partial charge on any atom is -0.489 e. The number of ether oxygens (including phenoxy) is 2. The number of allylic oxidation sites excluding steroid dienone is 1. The number of fused-ring (bicyclic) bond motifs is 1. The number of hydrogen-bond donors (Lipinski definition) is 0. The summed E-state index contributed by atoms with van der Waals surface area (Å²) in [6.07, 6.45) is 7.11. The maximum absolute atomic E-state index is 12.3. The molecule has 6 nitrogen and oxygen atoms in total. The summed E-state index contributed by atoms with van der Waals surface area (Å²) in [6.45, 7) is 2.45. The fourth-order valence-electron chi connectivity index (χ4n) is 5.77. The highest BCUT2D eigenvalue weighted by atomic mass is 35.5. The molecule has 0 aromatic heterocycles. The molecule has 3 aromatic carbocycles. The van der Waals surface area contributed by atoms with Crippen LogP contribution < -0.4 is 4.74 Å². The number of rotatable bonds is 8. The summed E-state index contributed by atoms with van der Waals surface area (Å²) in [6, 6.07) is 19.7. The molecule has 1 aliphatic heterocycles. The Bertz CT molecular complexity index is 1560. The van der Waals surface area contributed by atoms with Gasteiger partial charge in [0.15, 0.2) is 0 Å². The van der Waals surface area contributed by atoms with Gasteiger partial charge in [-0.25, -0.2) is 4.79 Å². The Kier molecular flexibility index (Phi) is 9.91. The summed E-state index contributed by atoms with van der Waals surface area (Å²) in [5.74, 6) is 0.461. The second-order valence-electron chi connectivity index (χ2n) is 11.1. The molecule has 1 aliphatic carbocycles. The number of methoxy groups -OCH3 is 1. The molecule has 43 heavy (non-hydrogen) atoms. The zero-order chi connectivity index (χ0) is 30.5. The Morgan fingerprint density at radius 3 is 2.49 bits per heavy atom. The smallest absolute Gasteiger partial charge is 0.337 e. The van der Waals surface area contributed by atoms with Gasteiger partial charge in [-0.05, 0) is 95.5 Å². The van der Waals surface area contributed by atoms with Gasteiger partial charge < -0.3 is 14.4 Å². The van der Waals surface area contributed by atoms with Gasteiger partial charge in [0.1, 0.15) is 11.9 Å². The first-order valence-electron chi connectivity index (χ1n) is 14.5. The summed E-state index contributed by atoms with van der Waals surface area (Å²) < 4.78 is 11.3. The quantitative estimate of drug-likeness (QED) is 0.198. The minimum atomic E-state index is -0.344. The van der Waals surface area contributed by atoms with Crippen molar-refractivity contribution in [3.05, 3.63) is 111 Å². The van der Waals surface area contributed by atoms with Gasteiger partial charge in [-0.3, -0.25) is 9.69 Å². The van der Waals surface area contributed by atoms with Crippen molar-refractivity contribution in [2.45, 2.75) is 31.8 Å². The van der Waals surface area contributed by atoms with Crippen LogP contribution >= 0.6 is 23.2 Å². The molecule has 1 amide bonds. The molecule has 0 N–H and O–H groups in total. The first-order valence-corrected chi connectivity index (χ1v) is 15.3. The van der Waals surface area contributed by atoms with Crippen LogP contribution in [0.15, 0.2) is 72.8 Å². The highest BCUT2D eigenvalue weighted by Crippen LogP contribution is 2.42. The van der Waals surface area contributed by atoms with Crippen LogP contribution in [0.4, 0.5) is 0 Å². The molecule has 0 bridgehead atoms. The molecule has 0 spiro atoms. The molecule has 2 aliphatic rings. The van der Waals surface area contributed by atoms with E-state index in [-0.39, 0.29) is 18.0 Å². The number of likely N-dealkylation sites (tertiary alicyclic amines) is 1. The highest BCUT2D eigenvalue weighted by Gasteiger charge is 2.25. The Balaban J connectivity index is 1.42. The summed E-state index contributed by atoms with van der Waals surface area (Å²) in [4.78, 5) is 28.0. The molecule has 1 saturated heterocycles. The van der Waals surface area contributed by atoms with E-state index in [1.165, 1.54) is 7.11 Å². The molecule has 1 atom stereocenters. The van der Waals surface area contributed by atoms with Crippen molar-refractivity contribution in [3.63, 3.8) is 0 Å². The summed E-state index contributed by atoms with van der Waals surface area (Å²) in [5.41, 5.74) is 6.96. The van der Waals surface area contributed by atoms with E-state index in [9.17, 15) is 9.59 Å². The molecule has 8 heteroatoms. The monoisotopic (exact) mass is 618 g/mol. The van der Waals surface area contributed by atoms with E-state index in [2.05, 4.69) is 17.0 Å². The zero-order valence-corrected chi connectivity index (χ0v) is 26.3. The van der Waals surface area contributed by atoms with E-state index in [0.717, 1.165) is 84.5 Å². The SMILES string of the molecule is COC(=O)c1ccc2c(c1)CCCC(c1ccc(Cl)cc1Cl)=C2c1ccc(O[C@@H]2CCN(CC=CC(=O)N(C)C)C2)cc1. The number of nitrogens with zero attached hydrogens (tertiary/aromatic N) is 2. The van der Waals surface area contributed by atoms with E-state index in [0.29, 0.717) is 15.6 Å². The van der Waals surface area contributed by atoms with Crippen LogP contribution in [0.2, 0.25) is 10.0 Å². The van der Waals surface area contributed by atoms with E-state index >= 15 is 0 Å². The van der Waals surface area contributed by atoms with Crippen LogP contribution in [0.5, 0.6) is 5.75 Å². The lowest BCUT2D eigenvalue weighted by atomic mass is 9.87. The van der Waals surface area contributed by atoms with Gasteiger partial charge in [-0.2, -0.15) is 0 Å². The van der Waals surface area contributed by atoms with Crippen LogP contribution in [-0.2, 0) is 16.0 Å². The largest absolute Gasteiger partial charge is 0.489 e. The standard InChI is InChI=1S/C35H36Cl2N2O4/c1-38(2)33(40)8-5-18-39-19-17-28(22-39)43-27-13-9-23(10-14-27)34-29-15-11-25(35(41)42-3)20-24(29)6-4-7-31(34)30-16-12-26(36)21-32(30)37/h5,8-16,20-21,28H,4,6-7,17-19,22H2,1-3H3/t28-/m1/s1. The molecule has 5 rings (SSSR count). The average Bonchev–Trinajstić information content (AvgIpc) is 3.35. The third kappa shape index (κ3) is 7.32. The Hall–Kier alpha value is -3.58. The van der Waals surface area contributed by atoms with Crippen LogP contribution in [0.3, 0.4) is 0 Å². The van der Waals surface area contributed by atoms with Gasteiger partial charge in [0.05, 0.1) is 12.7 Å². The summed E-state index contributed by atoms with van der Waals surface area (Å²) >= 11 is 13.0. The molecular weight excluding hydrogens is 583 g/mol. The fraction of sp³-hybridized carbons (Fsp3) is 0.314. The molecule has 1 heterocycles. The first kappa shape index (κ1) is 30.9. The molecule has 0 radical (unpaired) electrons. The van der Waals surface area contributed by atoms with Crippen molar-refractivity contribution in [2.24, 2.45) is 0 Å². The van der Waals surface area contributed by atoms with Gasteiger partial charge >= 0.3 is 5.97 Å². The number of halogens is 2. The molecule has 0 saturated carbocycles. The predicted molar refractivity (Wildman–Crippen MR) is 173 cm³/mol. The van der Waals surface area contributed by atoms with Crippen molar-refractivity contribution in [2.75, 3.05) is 40.8 Å². The lowest BCUT2D eigenvalue weighted by Crippen LogP contribution is -2.25. The maximum atomic E-state index is 12.3. The van der Waals surface area contributed by atoms with Crippen LogP contribution in [0, 0.1) is 0 Å². The number of amides is 1. The second-order valence-corrected chi connectivity index (χ2v) is 12.0. The van der Waals surface area contributed by atoms with Crippen molar-refractivity contribution in [3.8, 4) is 5.75 Å². The lowest BCUT2D eigenvalue weighted by molar-refractivity contribution is -0.123. The third-order valence-corrected chi connectivity index (χ3v) is 8.51. The molecule has 0 unspecified atom stereocenters. The molecule has 224 valence electrons. The molecular formula is C35H36Cl2N2O4. The van der Waals surface area contributed by atoms with E-state index in [4.69, 9.17) is 32.7 Å². The number of esters is 1. The topological polar surface area (TPSA) is 59.1 Å². The minimum absolute atomic E-state index is 0.0103. The number of carbonyl (C=O) groups is 2. The predicted octanol–water partition coefficient (Wildman–Crippen LogP) is 7.17. The molecule has 3 aromatic rings. The average molecular weight is 620 g/mol. The fourth-order valence-corrected chi connectivity index (χ4v) is 6.29. The third-order valence-electron chi connectivity index (χ3n) is 7.97. The van der Waals surface area contributed by atoms with E-state index < -0.39 is 0 Å². The summed E-state index contributed by atoms with van der Waals surface area (Å²) in [7, 11) is 4.90. The van der Waals surface area contributed by atoms with Crippen molar-refractivity contribution in [1.29, 1.82) is 0 Å². The van der Waals surface area contributed by atoms with Crippen LogP contribution in [-0.4, -0.2) is 68.6 Å². The Labute approximate surface area is 263 Å². The number of likely N-dealkylation sites (N-methyl/N-ethyl adjacent to an activating group) is 1. The normalized spacial score (nSPS) is 17.1. The summed E-state index contributed by atoms with van der Waals surface area (Å²) in [5, 5.41) is 1.21. The van der Waals surface area contributed by atoms with Gasteiger partial charge in [0, 0.05) is 49.9 Å². The second kappa shape index (κ2) is 13.8. The number of benzene rings is 3. The van der Waals surface area contributed by atoms with Crippen molar-refractivity contribution >= 4 is 46.2 Å². The van der Waals surface area contributed by atoms with Crippen molar-refractivity contribution in [1.82, 2.24) is 9.80 Å². The lowest BCUT2D eigenvalue weighted by Gasteiger charge is -2.19. The first-order chi connectivity index (χ1) is 20.7. The maximum Gasteiger partial charge on any atom is 0.337 e. The highest BCUT2D eigenvalue weighted by molar-refractivity contribution is 6.36. The Morgan fingerprint density at radius 1 is 1.00 bits per heavy atom. The van der Waals surface area contributed by atoms with Crippen LogP contribution in [0.1, 0.15) is 51.9 Å². The van der Waals surface area contributed by atoms with Gasteiger partial charge in [0.2, 0.25) is 5.91 Å². The van der Waals surface area contributed by atoms with E-state index in [1.54, 1.807) is 31.1 Å².